The first-order valence-corrected chi connectivity index (χ1v) is 10.3. The molecule has 0 radical (unpaired) electrons. The Morgan fingerprint density at radius 1 is 1.07 bits per heavy atom. The minimum absolute atomic E-state index is 0.117. The molecule has 8 heteroatoms. The number of phenolic OH excluding ortho intramolecular Hbond substituents is 1. The van der Waals surface area contributed by atoms with E-state index < -0.39 is 0 Å². The maximum Gasteiger partial charge on any atom is 0.264 e. The summed E-state index contributed by atoms with van der Waals surface area (Å²) in [6.45, 7) is -0.154. The molecule has 6 nitrogen and oxygen atoms in total. The van der Waals surface area contributed by atoms with Crippen LogP contribution >= 0.6 is 23.6 Å². The van der Waals surface area contributed by atoms with Gasteiger partial charge in [0, 0.05) is 5.69 Å². The highest BCUT2D eigenvalue weighted by Crippen LogP contribution is 2.36. The van der Waals surface area contributed by atoms with Gasteiger partial charge in [0.15, 0.2) is 11.7 Å². The minimum Gasteiger partial charge on any atom is -0.507 e. The maximum absolute atomic E-state index is 12.0. The first-order chi connectivity index (χ1) is 14.6. The normalized spacial score (nSPS) is 10.5. The van der Waals surface area contributed by atoms with Gasteiger partial charge < -0.3 is 15.2 Å². The molecule has 3 N–H and O–H groups in total. The van der Waals surface area contributed by atoms with E-state index in [1.165, 1.54) is 11.3 Å². The van der Waals surface area contributed by atoms with E-state index in [0.29, 0.717) is 22.0 Å². The van der Waals surface area contributed by atoms with E-state index >= 15 is 0 Å². The van der Waals surface area contributed by atoms with Crippen LogP contribution in [-0.2, 0) is 4.79 Å². The number of amides is 1. The highest BCUT2D eigenvalue weighted by molar-refractivity contribution is 7.80. The highest BCUT2D eigenvalue weighted by Gasteiger charge is 2.12. The van der Waals surface area contributed by atoms with Crippen LogP contribution in [0.1, 0.15) is 0 Å². The van der Waals surface area contributed by atoms with Crippen molar-refractivity contribution in [2.45, 2.75) is 0 Å². The van der Waals surface area contributed by atoms with Gasteiger partial charge in [-0.2, -0.15) is 0 Å². The lowest BCUT2D eigenvalue weighted by Gasteiger charge is -2.11. The quantitative estimate of drug-likeness (QED) is 0.315. The van der Waals surface area contributed by atoms with Crippen LogP contribution in [-0.4, -0.2) is 27.7 Å². The molecule has 0 fully saturated rings. The zero-order valence-corrected chi connectivity index (χ0v) is 17.3. The van der Waals surface area contributed by atoms with E-state index in [4.69, 9.17) is 17.0 Å². The SMILES string of the molecule is O=C(COc1ccccc1)NC(=S)Nc1ccc(O)c(-c2nc3ccccc3s2)c1. The molecule has 4 aromatic rings. The fourth-order valence-corrected chi connectivity index (χ4v) is 3.99. The first kappa shape index (κ1) is 19.8. The van der Waals surface area contributed by atoms with Crippen LogP contribution in [0.2, 0.25) is 0 Å². The zero-order valence-electron chi connectivity index (χ0n) is 15.7. The van der Waals surface area contributed by atoms with Gasteiger partial charge in [0.2, 0.25) is 0 Å². The van der Waals surface area contributed by atoms with Gasteiger partial charge >= 0.3 is 0 Å². The number of anilines is 1. The second-order valence-corrected chi connectivity index (χ2v) is 7.76. The van der Waals surface area contributed by atoms with E-state index in [0.717, 1.165) is 10.2 Å². The first-order valence-electron chi connectivity index (χ1n) is 9.06. The molecular weight excluding hydrogens is 418 g/mol. The highest BCUT2D eigenvalue weighted by atomic mass is 32.1. The standard InChI is InChI=1S/C22H17N3O3S2/c26-18-11-10-14(12-16(18)21-24-17-8-4-5-9-19(17)30-21)23-22(29)25-20(27)13-28-15-6-2-1-3-7-15/h1-12,26H,13H2,(H2,23,25,27,29). The number of nitrogens with zero attached hydrogens (tertiary/aromatic N) is 1. The monoisotopic (exact) mass is 435 g/mol. The van der Waals surface area contributed by atoms with Crippen LogP contribution in [0.25, 0.3) is 20.8 Å². The third kappa shape index (κ3) is 4.73. The summed E-state index contributed by atoms with van der Waals surface area (Å²) in [5.41, 5.74) is 2.08. The molecule has 0 aliphatic heterocycles. The number of para-hydroxylation sites is 2. The minimum atomic E-state index is -0.374. The van der Waals surface area contributed by atoms with Gasteiger partial charge in [-0.25, -0.2) is 4.98 Å². The number of carbonyl (C=O) groups is 1. The Bertz CT molecular complexity index is 1180. The van der Waals surface area contributed by atoms with Crippen molar-refractivity contribution in [2.75, 3.05) is 11.9 Å². The number of aromatic nitrogens is 1. The summed E-state index contributed by atoms with van der Waals surface area (Å²) < 4.78 is 6.43. The summed E-state index contributed by atoms with van der Waals surface area (Å²) in [5.74, 6) is 0.345. The predicted molar refractivity (Wildman–Crippen MR) is 123 cm³/mol. The molecule has 1 aromatic heterocycles. The Morgan fingerprint density at radius 3 is 2.63 bits per heavy atom. The van der Waals surface area contributed by atoms with Crippen molar-refractivity contribution in [3.8, 4) is 22.1 Å². The number of ether oxygens (including phenoxy) is 1. The summed E-state index contributed by atoms with van der Waals surface area (Å²) in [5, 5.41) is 16.7. The number of benzene rings is 3. The van der Waals surface area contributed by atoms with Crippen LogP contribution in [0.3, 0.4) is 0 Å². The Kier molecular flexibility index (Phi) is 5.87. The van der Waals surface area contributed by atoms with Crippen molar-refractivity contribution < 1.29 is 14.6 Å². The maximum atomic E-state index is 12.0. The molecule has 0 saturated heterocycles. The summed E-state index contributed by atoms with van der Waals surface area (Å²) in [4.78, 5) is 16.6. The fourth-order valence-electron chi connectivity index (χ4n) is 2.76. The Balaban J connectivity index is 1.41. The number of aromatic hydroxyl groups is 1. The van der Waals surface area contributed by atoms with Crippen molar-refractivity contribution >= 4 is 50.5 Å². The Labute approximate surface area is 182 Å². The molecule has 4 rings (SSSR count). The third-order valence-corrected chi connectivity index (χ3v) is 5.42. The lowest BCUT2D eigenvalue weighted by atomic mass is 10.2. The smallest absolute Gasteiger partial charge is 0.264 e. The molecule has 1 amide bonds. The zero-order chi connectivity index (χ0) is 20.9. The number of thiocarbonyl (C=S) groups is 1. The average Bonchev–Trinajstić information content (AvgIpc) is 3.18. The lowest BCUT2D eigenvalue weighted by molar-refractivity contribution is -0.121. The number of hydrogen-bond donors (Lipinski definition) is 3. The van der Waals surface area contributed by atoms with Gasteiger partial charge in [0.1, 0.15) is 16.5 Å². The van der Waals surface area contributed by atoms with Gasteiger partial charge in [-0.15, -0.1) is 11.3 Å². The molecule has 0 bridgehead atoms. The summed E-state index contributed by atoms with van der Waals surface area (Å²) in [6.07, 6.45) is 0. The molecule has 0 aliphatic carbocycles. The molecule has 30 heavy (non-hydrogen) atoms. The van der Waals surface area contributed by atoms with Crippen molar-refractivity contribution in [3.63, 3.8) is 0 Å². The van der Waals surface area contributed by atoms with Gasteiger partial charge in [-0.3, -0.25) is 10.1 Å². The molecule has 3 aromatic carbocycles. The topological polar surface area (TPSA) is 83.5 Å². The van der Waals surface area contributed by atoms with Gasteiger partial charge in [-0.05, 0) is 54.7 Å². The number of hydrogen-bond acceptors (Lipinski definition) is 6. The third-order valence-electron chi connectivity index (χ3n) is 4.14. The van der Waals surface area contributed by atoms with Crippen LogP contribution < -0.4 is 15.4 Å². The number of phenols is 1. The van der Waals surface area contributed by atoms with Crippen molar-refractivity contribution in [3.05, 3.63) is 72.8 Å². The number of carbonyl (C=O) groups excluding carboxylic acids is 1. The molecule has 150 valence electrons. The van der Waals surface area contributed by atoms with E-state index in [-0.39, 0.29) is 23.4 Å². The molecule has 0 saturated carbocycles. The molecule has 1 heterocycles. The number of thiazole rings is 1. The van der Waals surface area contributed by atoms with Gasteiger partial charge in [-0.1, -0.05) is 30.3 Å². The van der Waals surface area contributed by atoms with Crippen LogP contribution in [0.15, 0.2) is 72.8 Å². The summed E-state index contributed by atoms with van der Waals surface area (Å²) in [6, 6.07) is 21.8. The average molecular weight is 436 g/mol. The van der Waals surface area contributed by atoms with E-state index in [2.05, 4.69) is 15.6 Å². The number of rotatable bonds is 5. The largest absolute Gasteiger partial charge is 0.507 e. The van der Waals surface area contributed by atoms with Crippen LogP contribution in [0.4, 0.5) is 5.69 Å². The molecular formula is C22H17N3O3S2. The van der Waals surface area contributed by atoms with Crippen LogP contribution in [0, 0.1) is 0 Å². The van der Waals surface area contributed by atoms with Gasteiger partial charge in [0.25, 0.3) is 5.91 Å². The van der Waals surface area contributed by atoms with Crippen molar-refractivity contribution in [2.24, 2.45) is 0 Å². The predicted octanol–water partition coefficient (Wildman–Crippen LogP) is 4.56. The lowest BCUT2D eigenvalue weighted by Crippen LogP contribution is -2.37. The van der Waals surface area contributed by atoms with Gasteiger partial charge in [0.05, 0.1) is 15.8 Å². The molecule has 0 atom stereocenters. The molecule has 0 spiro atoms. The summed E-state index contributed by atoms with van der Waals surface area (Å²) >= 11 is 6.70. The van der Waals surface area contributed by atoms with Crippen molar-refractivity contribution in [1.82, 2.24) is 10.3 Å². The Morgan fingerprint density at radius 2 is 1.83 bits per heavy atom. The molecule has 0 unspecified atom stereocenters. The summed E-state index contributed by atoms with van der Waals surface area (Å²) in [7, 11) is 0. The van der Waals surface area contributed by atoms with Crippen LogP contribution in [0.5, 0.6) is 11.5 Å². The fraction of sp³-hybridized carbons (Fsp3) is 0.0455. The Hall–Kier alpha value is -3.49. The van der Waals surface area contributed by atoms with E-state index in [9.17, 15) is 9.90 Å². The second-order valence-electron chi connectivity index (χ2n) is 6.32. The number of fused-ring (bicyclic) bond motifs is 1. The second kappa shape index (κ2) is 8.89. The number of nitrogens with one attached hydrogen (secondary N) is 2. The van der Waals surface area contributed by atoms with E-state index in [1.807, 2.05) is 42.5 Å². The molecule has 0 aliphatic rings. The van der Waals surface area contributed by atoms with Crippen molar-refractivity contribution in [1.29, 1.82) is 0 Å². The van der Waals surface area contributed by atoms with E-state index in [1.54, 1.807) is 30.3 Å².